The molecule has 0 radical (unpaired) electrons. The average Bonchev–Trinajstić information content (AvgIpc) is 3.61. The van der Waals surface area contributed by atoms with Crippen LogP contribution in [0, 0.1) is 27.7 Å². The van der Waals surface area contributed by atoms with Crippen molar-refractivity contribution < 1.29 is 50.5 Å². The highest BCUT2D eigenvalue weighted by molar-refractivity contribution is 6.15. The van der Waals surface area contributed by atoms with Gasteiger partial charge in [-0.25, -0.2) is 14.8 Å². The highest BCUT2D eigenvalue weighted by Crippen LogP contribution is 2.25. The van der Waals surface area contributed by atoms with E-state index in [1.54, 1.807) is 47.2 Å². The monoisotopic (exact) mass is 793 g/mol. The SMILES string of the molecule is CCl.Cc1ccn2c(C(=O)CCc3cccc(OC(F)(F)F)c3)c(C)nc2c1.Cc1ccn2c(C(=O)O)c(C)nc2c1.NCc1cccc(OC(F)(F)F)c1. The van der Waals surface area contributed by atoms with Crippen LogP contribution < -0.4 is 15.2 Å². The second kappa shape index (κ2) is 19.1. The Labute approximate surface area is 317 Å². The number of Topliss-reactive ketones (excluding diaryl/α,β-unsaturated/α-hetero) is 1. The number of imidazole rings is 2. The Kier molecular flexibility index (Phi) is 15.2. The molecule has 3 N–H and O–H groups in total. The van der Waals surface area contributed by atoms with Crippen molar-refractivity contribution in [3.8, 4) is 11.5 Å². The maximum atomic E-state index is 12.6. The summed E-state index contributed by atoms with van der Waals surface area (Å²) in [6, 6.07) is 18.8. The van der Waals surface area contributed by atoms with Crippen LogP contribution in [0.15, 0.2) is 85.2 Å². The molecule has 294 valence electrons. The molecular formula is C38H38ClF6N5O5. The van der Waals surface area contributed by atoms with E-state index in [2.05, 4.69) is 31.0 Å². The topological polar surface area (TPSA) is 133 Å². The number of carbonyl (C=O) groups excluding carboxylic acids is 1. The zero-order valence-electron chi connectivity index (χ0n) is 30.3. The van der Waals surface area contributed by atoms with Gasteiger partial charge in [0.15, 0.2) is 11.5 Å². The lowest BCUT2D eigenvalue weighted by Gasteiger charge is -2.10. The number of ketones is 1. The van der Waals surface area contributed by atoms with Crippen molar-refractivity contribution in [2.24, 2.45) is 5.73 Å². The third-order valence-electron chi connectivity index (χ3n) is 7.52. The minimum Gasteiger partial charge on any atom is -0.477 e. The normalized spacial score (nSPS) is 11.1. The van der Waals surface area contributed by atoms with Gasteiger partial charge in [-0.1, -0.05) is 24.3 Å². The number of carbonyl (C=O) groups is 2. The number of pyridine rings is 2. The van der Waals surface area contributed by atoms with E-state index < -0.39 is 18.7 Å². The molecule has 55 heavy (non-hydrogen) atoms. The van der Waals surface area contributed by atoms with E-state index in [1.165, 1.54) is 42.8 Å². The van der Waals surface area contributed by atoms with Crippen LogP contribution in [0.25, 0.3) is 11.3 Å². The first-order valence-corrected chi connectivity index (χ1v) is 17.0. The van der Waals surface area contributed by atoms with E-state index in [0.29, 0.717) is 45.9 Å². The number of aromatic carboxylic acids is 1. The zero-order chi connectivity index (χ0) is 41.1. The predicted molar refractivity (Wildman–Crippen MR) is 195 cm³/mol. The Morgan fingerprint density at radius 3 is 1.60 bits per heavy atom. The van der Waals surface area contributed by atoms with E-state index in [0.717, 1.165) is 11.1 Å². The van der Waals surface area contributed by atoms with Crippen LogP contribution in [0.1, 0.15) is 61.0 Å². The molecule has 2 aromatic carbocycles. The molecule has 0 amide bonds. The first-order chi connectivity index (χ1) is 25.8. The van der Waals surface area contributed by atoms with Crippen LogP contribution in [-0.4, -0.2) is 54.7 Å². The molecule has 0 saturated heterocycles. The lowest BCUT2D eigenvalue weighted by molar-refractivity contribution is -0.275. The molecule has 6 rings (SSSR count). The van der Waals surface area contributed by atoms with Crippen molar-refractivity contribution in [1.82, 2.24) is 18.8 Å². The molecule has 4 aromatic heterocycles. The molecule has 0 aliphatic rings. The van der Waals surface area contributed by atoms with Crippen molar-refractivity contribution in [2.45, 2.75) is 59.8 Å². The Hall–Kier alpha value is -5.61. The maximum absolute atomic E-state index is 12.6. The molecule has 0 atom stereocenters. The molecule has 0 aliphatic heterocycles. The summed E-state index contributed by atoms with van der Waals surface area (Å²) in [5.41, 5.74) is 11.9. The van der Waals surface area contributed by atoms with E-state index in [-0.39, 0.29) is 35.9 Å². The molecule has 6 aromatic rings. The number of ether oxygens (including phenoxy) is 2. The molecular weight excluding hydrogens is 756 g/mol. The first kappa shape index (κ1) is 43.8. The van der Waals surface area contributed by atoms with Crippen molar-refractivity contribution in [2.75, 3.05) is 6.38 Å². The number of rotatable bonds is 8. The number of alkyl halides is 7. The van der Waals surface area contributed by atoms with Gasteiger partial charge in [0.05, 0.1) is 11.4 Å². The van der Waals surface area contributed by atoms with Gasteiger partial charge in [0.1, 0.15) is 28.5 Å². The first-order valence-electron chi connectivity index (χ1n) is 16.3. The van der Waals surface area contributed by atoms with Crippen LogP contribution >= 0.6 is 11.6 Å². The fourth-order valence-electron chi connectivity index (χ4n) is 5.27. The van der Waals surface area contributed by atoms with Gasteiger partial charge < -0.3 is 20.3 Å². The smallest absolute Gasteiger partial charge is 0.477 e. The molecule has 10 nitrogen and oxygen atoms in total. The largest absolute Gasteiger partial charge is 0.573 e. The quantitative estimate of drug-likeness (QED) is 0.0886. The molecule has 0 saturated carbocycles. The molecule has 0 unspecified atom stereocenters. The summed E-state index contributed by atoms with van der Waals surface area (Å²) in [5.74, 6) is -1.58. The van der Waals surface area contributed by atoms with Crippen molar-refractivity contribution in [3.05, 3.63) is 130 Å². The summed E-state index contributed by atoms with van der Waals surface area (Å²) in [4.78, 5) is 32.1. The second-order valence-electron chi connectivity index (χ2n) is 11.8. The van der Waals surface area contributed by atoms with E-state index >= 15 is 0 Å². The fourth-order valence-corrected chi connectivity index (χ4v) is 5.27. The van der Waals surface area contributed by atoms with Gasteiger partial charge in [-0.2, -0.15) is 0 Å². The van der Waals surface area contributed by atoms with Crippen molar-refractivity contribution in [1.29, 1.82) is 0 Å². The van der Waals surface area contributed by atoms with Crippen molar-refractivity contribution >= 4 is 34.6 Å². The predicted octanol–water partition coefficient (Wildman–Crippen LogP) is 9.21. The number of carboxylic acids is 1. The molecule has 17 heteroatoms. The summed E-state index contributed by atoms with van der Waals surface area (Å²) in [5, 5.41) is 8.96. The van der Waals surface area contributed by atoms with Crippen molar-refractivity contribution in [3.63, 3.8) is 0 Å². The number of halogens is 7. The Morgan fingerprint density at radius 1 is 0.709 bits per heavy atom. The zero-order valence-corrected chi connectivity index (χ0v) is 31.1. The fraction of sp³-hybridized carbons (Fsp3) is 0.263. The number of hydrogen-bond acceptors (Lipinski definition) is 7. The molecule has 4 heterocycles. The summed E-state index contributed by atoms with van der Waals surface area (Å²) in [7, 11) is 0. The van der Waals surface area contributed by atoms with Crippen LogP contribution in [0.5, 0.6) is 11.5 Å². The van der Waals surface area contributed by atoms with Gasteiger partial charge in [-0.3, -0.25) is 13.6 Å². The summed E-state index contributed by atoms with van der Waals surface area (Å²) < 4.78 is 83.0. The van der Waals surface area contributed by atoms with Gasteiger partial charge in [0.25, 0.3) is 0 Å². The van der Waals surface area contributed by atoms with E-state index in [4.69, 9.17) is 10.8 Å². The number of benzene rings is 2. The van der Waals surface area contributed by atoms with Gasteiger partial charge in [0, 0.05) is 31.7 Å². The molecule has 0 bridgehead atoms. The highest BCUT2D eigenvalue weighted by atomic mass is 35.5. The second-order valence-corrected chi connectivity index (χ2v) is 11.8. The van der Waals surface area contributed by atoms with Gasteiger partial charge >= 0.3 is 18.7 Å². The van der Waals surface area contributed by atoms with Crippen LogP contribution in [-0.2, 0) is 13.0 Å². The third-order valence-corrected chi connectivity index (χ3v) is 7.52. The third kappa shape index (κ3) is 13.0. The minimum absolute atomic E-state index is 0.110. The van der Waals surface area contributed by atoms with E-state index in [9.17, 15) is 35.9 Å². The van der Waals surface area contributed by atoms with Crippen LogP contribution in [0.3, 0.4) is 0 Å². The maximum Gasteiger partial charge on any atom is 0.573 e. The lowest BCUT2D eigenvalue weighted by Crippen LogP contribution is -2.17. The number of fused-ring (bicyclic) bond motifs is 2. The standard InChI is InChI=1S/C19H17F3N2O2.C10H10N2O2.C8H8F3NO.CH3Cl/c1-12-8-9-24-17(10-12)23-13(2)18(24)16(25)7-6-14-4-3-5-15(11-14)26-19(20,21)22;1-6-3-4-12-8(5-6)11-7(2)9(12)10(13)14;9-8(10,11)13-7-3-1-2-6(4-7)5-12;1-2/h3-5,8-11H,6-7H2,1-2H3;3-5H,1-2H3,(H,13,14);1-4H,5,12H2;1H3. The van der Waals surface area contributed by atoms with Crippen LogP contribution in [0.2, 0.25) is 0 Å². The Morgan fingerprint density at radius 2 is 1.15 bits per heavy atom. The number of aryl methyl sites for hydroxylation is 5. The lowest BCUT2D eigenvalue weighted by atomic mass is 10.1. The van der Waals surface area contributed by atoms with Crippen LogP contribution in [0.4, 0.5) is 26.3 Å². The number of aromatic nitrogens is 4. The summed E-state index contributed by atoms with van der Waals surface area (Å²) >= 11 is 4.64. The minimum atomic E-state index is -4.74. The summed E-state index contributed by atoms with van der Waals surface area (Å²) in [6.07, 6.45) is -3.90. The number of hydrogen-bond donors (Lipinski definition) is 2. The van der Waals surface area contributed by atoms with Gasteiger partial charge in [0.2, 0.25) is 0 Å². The summed E-state index contributed by atoms with van der Waals surface area (Å²) in [6.45, 7) is 7.56. The number of nitrogens with two attached hydrogens (primary N) is 1. The highest BCUT2D eigenvalue weighted by Gasteiger charge is 2.32. The number of nitrogens with zero attached hydrogens (tertiary/aromatic N) is 4. The Bertz CT molecular complexity index is 2230. The van der Waals surface area contributed by atoms with E-state index in [1.807, 2.05) is 38.1 Å². The molecule has 0 spiro atoms. The van der Waals surface area contributed by atoms with Gasteiger partial charge in [-0.15, -0.1) is 37.9 Å². The Balaban J connectivity index is 0.000000237. The number of carboxylic acid groups (broad SMARTS) is 1. The van der Waals surface area contributed by atoms with Gasteiger partial charge in [-0.05, 0) is 105 Å². The molecule has 0 fully saturated rings. The average molecular weight is 794 g/mol. The molecule has 0 aliphatic carbocycles.